The minimum Gasteiger partial charge on any atom is -0.478 e. The van der Waals surface area contributed by atoms with Gasteiger partial charge in [-0.25, -0.2) is 0 Å². The lowest BCUT2D eigenvalue weighted by Gasteiger charge is -2.25. The normalized spacial score (nSPS) is 11.3. The number of hydrogen-bond acceptors (Lipinski definition) is 2. The van der Waals surface area contributed by atoms with Crippen molar-refractivity contribution in [2.24, 2.45) is 0 Å². The molecule has 0 heterocycles. The highest BCUT2D eigenvalue weighted by atomic mass is 35.5. The van der Waals surface area contributed by atoms with Gasteiger partial charge in [0, 0.05) is 11.6 Å². The lowest BCUT2D eigenvalue weighted by atomic mass is 10.1. The smallest absolute Gasteiger partial charge is 0.263 e. The van der Waals surface area contributed by atoms with Crippen molar-refractivity contribution >= 4 is 17.5 Å². The van der Waals surface area contributed by atoms with Gasteiger partial charge in [-0.15, -0.1) is 0 Å². The summed E-state index contributed by atoms with van der Waals surface area (Å²) in [7, 11) is 0. The molecule has 1 aromatic carbocycles. The molecule has 0 aliphatic rings. The maximum Gasteiger partial charge on any atom is 0.263 e. The average Bonchev–Trinajstić information content (AvgIpc) is 2.55. The van der Waals surface area contributed by atoms with Crippen LogP contribution in [-0.4, -0.2) is 18.1 Å². The highest BCUT2D eigenvalue weighted by molar-refractivity contribution is 6.30. The summed E-state index contributed by atoms with van der Waals surface area (Å²) in [5.74, 6) is 0.562. The molecule has 0 atom stereocenters. The second-order valence-corrected chi connectivity index (χ2v) is 7.23. The van der Waals surface area contributed by atoms with Crippen molar-refractivity contribution in [1.82, 2.24) is 5.32 Å². The van der Waals surface area contributed by atoms with E-state index in [4.69, 9.17) is 16.3 Å². The number of carbonyl (C=O) groups excluding carboxylic acids is 1. The van der Waals surface area contributed by atoms with Crippen molar-refractivity contribution in [3.8, 4) is 5.75 Å². The van der Waals surface area contributed by atoms with Gasteiger partial charge in [0.15, 0.2) is 5.60 Å². The highest BCUT2D eigenvalue weighted by Crippen LogP contribution is 2.21. The van der Waals surface area contributed by atoms with Crippen molar-refractivity contribution < 1.29 is 9.53 Å². The molecule has 0 aliphatic heterocycles. The largest absolute Gasteiger partial charge is 0.478 e. The van der Waals surface area contributed by atoms with Crippen molar-refractivity contribution in [2.75, 3.05) is 6.54 Å². The summed E-state index contributed by atoms with van der Waals surface area (Å²) in [5, 5.41) is 3.63. The molecule has 24 heavy (non-hydrogen) atoms. The lowest BCUT2D eigenvalue weighted by Crippen LogP contribution is -2.46. The van der Waals surface area contributed by atoms with Gasteiger partial charge < -0.3 is 10.1 Å². The molecule has 1 N–H and O–H groups in total. The number of rotatable bonds is 12. The predicted molar refractivity (Wildman–Crippen MR) is 102 cm³/mol. The zero-order valence-corrected chi connectivity index (χ0v) is 16.1. The van der Waals surface area contributed by atoms with Gasteiger partial charge in [-0.05, 0) is 44.5 Å². The van der Waals surface area contributed by atoms with Crippen LogP contribution < -0.4 is 10.1 Å². The molecule has 0 bridgehead atoms. The molecule has 0 radical (unpaired) electrons. The van der Waals surface area contributed by atoms with Gasteiger partial charge in [0.05, 0.1) is 0 Å². The van der Waals surface area contributed by atoms with Crippen molar-refractivity contribution in [3.05, 3.63) is 29.3 Å². The molecule has 136 valence electrons. The molecule has 3 nitrogen and oxygen atoms in total. The summed E-state index contributed by atoms with van der Waals surface area (Å²) in [6, 6.07) is 7.06. The van der Waals surface area contributed by atoms with Crippen LogP contribution in [0.1, 0.15) is 72.1 Å². The number of amides is 1. The minimum absolute atomic E-state index is 0.0830. The molecule has 1 amide bonds. The van der Waals surface area contributed by atoms with Crippen LogP contribution in [0.25, 0.3) is 0 Å². The van der Waals surface area contributed by atoms with Gasteiger partial charge in [0.25, 0.3) is 5.91 Å². The Hall–Kier alpha value is -1.22. The van der Waals surface area contributed by atoms with Crippen LogP contribution in [0.15, 0.2) is 24.3 Å². The summed E-state index contributed by atoms with van der Waals surface area (Å²) >= 11 is 5.86. The van der Waals surface area contributed by atoms with Crippen LogP contribution in [0.4, 0.5) is 0 Å². The molecule has 0 fully saturated rings. The monoisotopic (exact) mass is 353 g/mol. The van der Waals surface area contributed by atoms with Gasteiger partial charge in [0.2, 0.25) is 0 Å². The van der Waals surface area contributed by atoms with Gasteiger partial charge in [-0.3, -0.25) is 4.79 Å². The average molecular weight is 354 g/mol. The number of halogens is 1. The van der Waals surface area contributed by atoms with E-state index in [1.807, 2.05) is 0 Å². The molecular weight excluding hydrogens is 322 g/mol. The van der Waals surface area contributed by atoms with E-state index >= 15 is 0 Å². The number of benzene rings is 1. The van der Waals surface area contributed by atoms with E-state index in [2.05, 4.69) is 12.2 Å². The number of ether oxygens (including phenoxy) is 1. The SMILES string of the molecule is CCCCCCCCCCNC(=O)C(C)(C)Oc1ccc(Cl)cc1. The van der Waals surface area contributed by atoms with E-state index in [9.17, 15) is 4.79 Å². The number of hydrogen-bond donors (Lipinski definition) is 1. The highest BCUT2D eigenvalue weighted by Gasteiger charge is 2.29. The van der Waals surface area contributed by atoms with Crippen LogP contribution >= 0.6 is 11.6 Å². The number of nitrogens with one attached hydrogen (secondary N) is 1. The molecule has 0 aliphatic carbocycles. The van der Waals surface area contributed by atoms with Crippen molar-refractivity contribution in [3.63, 3.8) is 0 Å². The molecule has 1 aromatic rings. The van der Waals surface area contributed by atoms with Crippen LogP contribution in [-0.2, 0) is 4.79 Å². The standard InChI is InChI=1S/C20H32ClNO2/c1-4-5-6-7-8-9-10-11-16-22-19(23)20(2,3)24-18-14-12-17(21)13-15-18/h12-15H,4-11,16H2,1-3H3,(H,22,23). The zero-order chi connectivity index (χ0) is 17.8. The van der Waals surface area contributed by atoms with E-state index in [1.54, 1.807) is 38.1 Å². The Morgan fingerprint density at radius 3 is 2.12 bits per heavy atom. The van der Waals surface area contributed by atoms with Gasteiger partial charge in [-0.1, -0.05) is 63.5 Å². The fraction of sp³-hybridized carbons (Fsp3) is 0.650. The molecule has 4 heteroatoms. The van der Waals surface area contributed by atoms with Gasteiger partial charge >= 0.3 is 0 Å². The van der Waals surface area contributed by atoms with Crippen molar-refractivity contribution in [1.29, 1.82) is 0 Å². The third-order valence-corrected chi connectivity index (χ3v) is 4.30. The van der Waals surface area contributed by atoms with Crippen LogP contribution in [0.3, 0.4) is 0 Å². The van der Waals surface area contributed by atoms with Gasteiger partial charge in [-0.2, -0.15) is 0 Å². The van der Waals surface area contributed by atoms with E-state index in [0.29, 0.717) is 17.3 Å². The van der Waals surface area contributed by atoms with E-state index < -0.39 is 5.60 Å². The van der Waals surface area contributed by atoms with Crippen molar-refractivity contribution in [2.45, 2.75) is 77.7 Å². The second kappa shape index (κ2) is 11.4. The number of unbranched alkanes of at least 4 members (excludes halogenated alkanes) is 7. The second-order valence-electron chi connectivity index (χ2n) is 6.80. The molecule has 0 saturated heterocycles. The molecule has 0 saturated carbocycles. The molecule has 0 aromatic heterocycles. The Bertz CT molecular complexity index is 471. The third kappa shape index (κ3) is 8.58. The zero-order valence-electron chi connectivity index (χ0n) is 15.4. The van der Waals surface area contributed by atoms with Crippen LogP contribution in [0.5, 0.6) is 5.75 Å². The number of carbonyl (C=O) groups is 1. The lowest BCUT2D eigenvalue weighted by molar-refractivity contribution is -0.134. The third-order valence-electron chi connectivity index (χ3n) is 4.05. The molecular formula is C20H32ClNO2. The Kier molecular flexibility index (Phi) is 9.85. The van der Waals surface area contributed by atoms with Crippen LogP contribution in [0, 0.1) is 0 Å². The summed E-state index contributed by atoms with van der Waals surface area (Å²) in [4.78, 5) is 12.3. The first-order valence-corrected chi connectivity index (χ1v) is 9.56. The minimum atomic E-state index is -0.895. The summed E-state index contributed by atoms with van der Waals surface area (Å²) in [6.45, 7) is 6.51. The molecule has 0 unspecified atom stereocenters. The Morgan fingerprint density at radius 2 is 1.54 bits per heavy atom. The Morgan fingerprint density at radius 1 is 1.00 bits per heavy atom. The fourth-order valence-corrected chi connectivity index (χ4v) is 2.64. The summed E-state index contributed by atoms with van der Waals surface area (Å²) in [5.41, 5.74) is -0.895. The maximum absolute atomic E-state index is 12.3. The molecule has 0 spiro atoms. The summed E-state index contributed by atoms with van der Waals surface area (Å²) in [6.07, 6.45) is 10.1. The first-order chi connectivity index (χ1) is 11.5. The van der Waals surface area contributed by atoms with E-state index in [1.165, 1.54) is 44.9 Å². The fourth-order valence-electron chi connectivity index (χ4n) is 2.52. The first kappa shape index (κ1) is 20.8. The Labute approximate surface area is 152 Å². The predicted octanol–water partition coefficient (Wildman–Crippen LogP) is 5.75. The van der Waals surface area contributed by atoms with E-state index in [0.717, 1.165) is 6.42 Å². The van der Waals surface area contributed by atoms with E-state index in [-0.39, 0.29) is 5.91 Å². The summed E-state index contributed by atoms with van der Waals surface area (Å²) < 4.78 is 5.78. The maximum atomic E-state index is 12.3. The topological polar surface area (TPSA) is 38.3 Å². The molecule has 1 rings (SSSR count). The Balaban J connectivity index is 2.18. The first-order valence-electron chi connectivity index (χ1n) is 9.18. The quantitative estimate of drug-likeness (QED) is 0.485. The van der Waals surface area contributed by atoms with Gasteiger partial charge in [0.1, 0.15) is 5.75 Å². The van der Waals surface area contributed by atoms with Crippen LogP contribution in [0.2, 0.25) is 5.02 Å².